The Labute approximate surface area is 231 Å². The van der Waals surface area contributed by atoms with Crippen LogP contribution in [0, 0.1) is 11.6 Å². The third kappa shape index (κ3) is 5.85. The number of nitrogens with zero attached hydrogens (tertiary/aromatic N) is 4. The molecule has 0 N–H and O–H groups in total. The number of hydrogen-bond acceptors (Lipinski definition) is 6. The van der Waals surface area contributed by atoms with Crippen molar-refractivity contribution in [1.82, 2.24) is 19.3 Å². The molecule has 14 heteroatoms. The van der Waals surface area contributed by atoms with Gasteiger partial charge in [-0.1, -0.05) is 0 Å². The van der Waals surface area contributed by atoms with Gasteiger partial charge in [-0.25, -0.2) is 26.6 Å². The summed E-state index contributed by atoms with van der Waals surface area (Å²) >= 11 is 0. The van der Waals surface area contributed by atoms with E-state index >= 15 is 4.39 Å². The molecule has 0 radical (unpaired) electrons. The van der Waals surface area contributed by atoms with E-state index in [-0.39, 0.29) is 52.7 Å². The molecule has 1 saturated heterocycles. The van der Waals surface area contributed by atoms with Gasteiger partial charge >= 0.3 is 6.18 Å². The van der Waals surface area contributed by atoms with Crippen molar-refractivity contribution in [2.24, 2.45) is 0 Å². The van der Waals surface area contributed by atoms with Gasteiger partial charge in [0.25, 0.3) is 0 Å². The number of rotatable bonds is 8. The Bertz CT molecular complexity index is 1560. The molecular formula is C27H24F6N4O3S. The van der Waals surface area contributed by atoms with Crippen LogP contribution in [0.2, 0.25) is 0 Å². The molecule has 2 aliphatic rings. The van der Waals surface area contributed by atoms with E-state index in [2.05, 4.69) is 15.0 Å². The first-order valence-electron chi connectivity index (χ1n) is 12.8. The first kappa shape index (κ1) is 29.1. The van der Waals surface area contributed by atoms with Crippen molar-refractivity contribution in [3.63, 3.8) is 0 Å². The summed E-state index contributed by atoms with van der Waals surface area (Å²) in [6.07, 6.45) is -4.39. The number of carbonyl (C=O) groups is 1. The highest BCUT2D eigenvalue weighted by Gasteiger charge is 2.48. The lowest BCUT2D eigenvalue weighted by atomic mass is 10.0. The molecule has 41 heavy (non-hydrogen) atoms. The Morgan fingerprint density at radius 3 is 2.34 bits per heavy atom. The van der Waals surface area contributed by atoms with Crippen LogP contribution in [0.3, 0.4) is 0 Å². The Morgan fingerprint density at radius 2 is 1.76 bits per heavy atom. The van der Waals surface area contributed by atoms with Crippen LogP contribution in [0.5, 0.6) is 0 Å². The summed E-state index contributed by atoms with van der Waals surface area (Å²) in [5.74, 6) is -2.17. The molecule has 2 aromatic heterocycles. The fraction of sp³-hybridized carbons (Fsp3) is 0.407. The van der Waals surface area contributed by atoms with Crippen LogP contribution in [0.15, 0.2) is 47.6 Å². The highest BCUT2D eigenvalue weighted by molar-refractivity contribution is 7.89. The van der Waals surface area contributed by atoms with Crippen molar-refractivity contribution in [2.75, 3.05) is 0 Å². The number of carbonyl (C=O) groups excluding carboxylic acids is 1. The minimum atomic E-state index is -4.72. The summed E-state index contributed by atoms with van der Waals surface area (Å²) in [6, 6.07) is 2.79. The molecule has 3 atom stereocenters. The molecule has 2 fully saturated rings. The molecule has 0 amide bonds. The minimum Gasteiger partial charge on any atom is -0.298 e. The number of benzene rings is 1. The highest BCUT2D eigenvalue weighted by atomic mass is 32.2. The van der Waals surface area contributed by atoms with Crippen LogP contribution in [0.4, 0.5) is 26.3 Å². The second kappa shape index (κ2) is 10.8. The summed E-state index contributed by atoms with van der Waals surface area (Å²) in [7, 11) is -4.34. The predicted molar refractivity (Wildman–Crippen MR) is 134 cm³/mol. The number of aromatic nitrogens is 3. The first-order chi connectivity index (χ1) is 19.3. The van der Waals surface area contributed by atoms with E-state index in [1.807, 2.05) is 0 Å². The summed E-state index contributed by atoms with van der Waals surface area (Å²) in [5, 5.41) is 0. The Kier molecular flexibility index (Phi) is 7.66. The average Bonchev–Trinajstić information content (AvgIpc) is 3.72. The fourth-order valence-electron chi connectivity index (χ4n) is 4.92. The van der Waals surface area contributed by atoms with Crippen LogP contribution in [-0.4, -0.2) is 51.7 Å². The molecule has 5 rings (SSSR count). The van der Waals surface area contributed by atoms with Crippen molar-refractivity contribution < 1.29 is 39.6 Å². The standard InChI is InChI=1S/C27H24F6N4O3S/c1-14-20(29)11-22(37(14)41(39,40)18-7-4-16(28)5-8-18)23(38)9-6-17-10-19(25(30)26(36-17)15-2-3-15)21-12-35-24(13-34-21)27(31,32)33/h4-5,7-8,10,12-15,20,22H,2-3,6,9,11H2,1H3/t14-,20+,22-/m0/s1. The third-order valence-electron chi connectivity index (χ3n) is 7.29. The van der Waals surface area contributed by atoms with E-state index in [1.54, 1.807) is 0 Å². The monoisotopic (exact) mass is 598 g/mol. The number of halogens is 6. The van der Waals surface area contributed by atoms with Crippen LogP contribution >= 0.6 is 0 Å². The van der Waals surface area contributed by atoms with Gasteiger partial charge in [0.1, 0.15) is 12.0 Å². The molecule has 3 heterocycles. The van der Waals surface area contributed by atoms with Gasteiger partial charge in [-0.2, -0.15) is 17.5 Å². The predicted octanol–water partition coefficient (Wildman–Crippen LogP) is 5.40. The van der Waals surface area contributed by atoms with Gasteiger partial charge in [-0.05, 0) is 56.5 Å². The number of aryl methyl sites for hydroxylation is 1. The van der Waals surface area contributed by atoms with Gasteiger partial charge in [0.2, 0.25) is 10.0 Å². The molecule has 3 aromatic rings. The van der Waals surface area contributed by atoms with Gasteiger partial charge in [-0.3, -0.25) is 14.8 Å². The Hall–Kier alpha value is -3.39. The molecule has 1 saturated carbocycles. The summed E-state index contributed by atoms with van der Waals surface area (Å²) in [5.41, 5.74) is -1.15. The van der Waals surface area contributed by atoms with Gasteiger partial charge in [0, 0.05) is 30.0 Å². The largest absolute Gasteiger partial charge is 0.434 e. The normalized spacial score (nSPS) is 21.8. The smallest absolute Gasteiger partial charge is 0.298 e. The zero-order valence-corrected chi connectivity index (χ0v) is 22.4. The van der Waals surface area contributed by atoms with Gasteiger partial charge in [-0.15, -0.1) is 0 Å². The lowest BCUT2D eigenvalue weighted by molar-refractivity contribution is -0.141. The lowest BCUT2D eigenvalue weighted by Gasteiger charge is -2.26. The Morgan fingerprint density at radius 1 is 1.07 bits per heavy atom. The van der Waals surface area contributed by atoms with Gasteiger partial charge in [0.15, 0.2) is 17.3 Å². The molecule has 1 aliphatic heterocycles. The number of alkyl halides is 4. The first-order valence-corrected chi connectivity index (χ1v) is 14.3. The number of pyridine rings is 1. The van der Waals surface area contributed by atoms with E-state index < -0.39 is 57.6 Å². The molecular weight excluding hydrogens is 574 g/mol. The van der Waals surface area contributed by atoms with Crippen molar-refractivity contribution >= 4 is 15.8 Å². The maximum absolute atomic E-state index is 15.3. The van der Waals surface area contributed by atoms with Crippen LogP contribution in [0.1, 0.15) is 55.6 Å². The maximum atomic E-state index is 15.3. The topological polar surface area (TPSA) is 93.1 Å². The van der Waals surface area contributed by atoms with Crippen molar-refractivity contribution in [3.05, 3.63) is 71.4 Å². The van der Waals surface area contributed by atoms with E-state index in [9.17, 15) is 35.2 Å². The maximum Gasteiger partial charge on any atom is 0.434 e. The summed E-state index contributed by atoms with van der Waals surface area (Å²) in [6.45, 7) is 1.35. The number of ketones is 1. The van der Waals surface area contributed by atoms with Crippen LogP contribution in [0.25, 0.3) is 11.3 Å². The zero-order valence-electron chi connectivity index (χ0n) is 21.6. The lowest BCUT2D eigenvalue weighted by Crippen LogP contribution is -2.44. The molecule has 0 bridgehead atoms. The number of hydrogen-bond donors (Lipinski definition) is 0. The molecule has 1 aliphatic carbocycles. The Balaban J connectivity index is 1.40. The van der Waals surface area contributed by atoms with Gasteiger partial charge in [0.05, 0.1) is 40.8 Å². The van der Waals surface area contributed by atoms with Crippen LogP contribution in [-0.2, 0) is 27.4 Å². The number of sulfonamides is 1. The van der Waals surface area contributed by atoms with E-state index in [0.717, 1.165) is 34.8 Å². The zero-order chi connectivity index (χ0) is 29.7. The highest BCUT2D eigenvalue weighted by Crippen LogP contribution is 2.42. The molecule has 0 spiro atoms. The van der Waals surface area contributed by atoms with Gasteiger partial charge < -0.3 is 0 Å². The van der Waals surface area contributed by atoms with E-state index in [0.29, 0.717) is 19.0 Å². The summed E-state index contributed by atoms with van der Waals surface area (Å²) < 4.78 is 110. The van der Waals surface area contributed by atoms with Crippen molar-refractivity contribution in [3.8, 4) is 11.3 Å². The van der Waals surface area contributed by atoms with E-state index in [4.69, 9.17) is 0 Å². The summed E-state index contributed by atoms with van der Waals surface area (Å²) in [4.78, 5) is 24.4. The fourth-order valence-corrected chi connectivity index (χ4v) is 6.75. The average molecular weight is 599 g/mol. The minimum absolute atomic E-state index is 0.0633. The molecule has 218 valence electrons. The number of Topliss-reactive ketones (excluding diaryl/α,β-unsaturated/α-hetero) is 1. The second-order valence-electron chi connectivity index (χ2n) is 10.2. The third-order valence-corrected chi connectivity index (χ3v) is 9.30. The quantitative estimate of drug-likeness (QED) is 0.322. The van der Waals surface area contributed by atoms with Crippen molar-refractivity contribution in [1.29, 1.82) is 0 Å². The second-order valence-corrected chi connectivity index (χ2v) is 12.0. The SMILES string of the molecule is C[C@H]1[C@H](F)C[C@@H](C(=O)CCc2cc(-c3cnc(C(F)(F)F)cn3)c(F)c(C3CC3)n2)N1S(=O)(=O)c1ccc(F)cc1. The van der Waals surface area contributed by atoms with E-state index in [1.165, 1.54) is 13.0 Å². The molecule has 1 aromatic carbocycles. The molecule has 7 nitrogen and oxygen atoms in total. The van der Waals surface area contributed by atoms with Crippen molar-refractivity contribution in [2.45, 2.75) is 74.3 Å². The molecule has 0 unspecified atom stereocenters. The van der Waals surface area contributed by atoms with Crippen LogP contribution < -0.4 is 0 Å².